The number of hydrogen-bond donors (Lipinski definition) is 1. The van der Waals surface area contributed by atoms with E-state index in [9.17, 15) is 9.59 Å². The van der Waals surface area contributed by atoms with E-state index in [1.807, 2.05) is 6.92 Å². The van der Waals surface area contributed by atoms with Crippen LogP contribution in [0.15, 0.2) is 41.2 Å². The molecule has 1 fully saturated rings. The number of likely N-dealkylation sites (tertiary alicyclic amines) is 1. The maximum absolute atomic E-state index is 12.8. The highest BCUT2D eigenvalue weighted by molar-refractivity contribution is 5.94. The maximum Gasteiger partial charge on any atom is 0.257 e. The standard InChI is InChI=1S/C21H26N2O3/c1-14-6-7-15(2)19(11-14)16(3)22-20(24)17-5-4-9-23(12-17)21(25)18-8-10-26-13-18/h6-8,10-11,13,16-17H,4-5,9,12H2,1-3H3,(H,22,24). The van der Waals surface area contributed by atoms with Crippen molar-refractivity contribution in [3.05, 3.63) is 59.0 Å². The first kappa shape index (κ1) is 18.2. The van der Waals surface area contributed by atoms with Crippen molar-refractivity contribution in [3.8, 4) is 0 Å². The topological polar surface area (TPSA) is 62.6 Å². The lowest BCUT2D eigenvalue weighted by atomic mass is 9.95. The van der Waals surface area contributed by atoms with E-state index in [2.05, 4.69) is 37.4 Å². The first-order chi connectivity index (χ1) is 12.5. The maximum atomic E-state index is 12.8. The van der Waals surface area contributed by atoms with Gasteiger partial charge in [-0.05, 0) is 50.8 Å². The van der Waals surface area contributed by atoms with Crippen LogP contribution in [0, 0.1) is 19.8 Å². The summed E-state index contributed by atoms with van der Waals surface area (Å²) in [6.45, 7) is 7.26. The molecule has 1 saturated heterocycles. The lowest BCUT2D eigenvalue weighted by Gasteiger charge is -2.32. The molecule has 2 atom stereocenters. The van der Waals surface area contributed by atoms with Crippen LogP contribution in [-0.4, -0.2) is 29.8 Å². The number of amides is 2. The Morgan fingerprint density at radius 1 is 1.27 bits per heavy atom. The Labute approximate surface area is 154 Å². The van der Waals surface area contributed by atoms with Crippen LogP contribution in [0.25, 0.3) is 0 Å². The van der Waals surface area contributed by atoms with Crippen molar-refractivity contribution in [3.63, 3.8) is 0 Å². The van der Waals surface area contributed by atoms with Crippen LogP contribution >= 0.6 is 0 Å². The number of nitrogens with one attached hydrogen (secondary N) is 1. The zero-order valence-electron chi connectivity index (χ0n) is 15.6. The van der Waals surface area contributed by atoms with Crippen molar-refractivity contribution in [1.82, 2.24) is 10.2 Å². The number of piperidine rings is 1. The number of rotatable bonds is 4. The molecule has 138 valence electrons. The number of furan rings is 1. The molecule has 5 heteroatoms. The third-order valence-corrected chi connectivity index (χ3v) is 5.11. The van der Waals surface area contributed by atoms with Crippen LogP contribution in [-0.2, 0) is 4.79 Å². The van der Waals surface area contributed by atoms with Gasteiger partial charge in [0.15, 0.2) is 0 Å². The molecule has 0 bridgehead atoms. The molecule has 1 aromatic carbocycles. The molecule has 26 heavy (non-hydrogen) atoms. The van der Waals surface area contributed by atoms with Gasteiger partial charge < -0.3 is 14.6 Å². The smallest absolute Gasteiger partial charge is 0.257 e. The summed E-state index contributed by atoms with van der Waals surface area (Å²) in [6.07, 6.45) is 4.59. The summed E-state index contributed by atoms with van der Waals surface area (Å²) >= 11 is 0. The quantitative estimate of drug-likeness (QED) is 0.912. The molecule has 2 amide bonds. The molecular formula is C21H26N2O3. The molecule has 0 aliphatic carbocycles. The molecular weight excluding hydrogens is 328 g/mol. The Morgan fingerprint density at radius 3 is 2.81 bits per heavy atom. The van der Waals surface area contributed by atoms with Crippen molar-refractivity contribution in [2.24, 2.45) is 5.92 Å². The summed E-state index contributed by atoms with van der Waals surface area (Å²) in [7, 11) is 0. The fourth-order valence-electron chi connectivity index (χ4n) is 3.58. The fraction of sp³-hybridized carbons (Fsp3) is 0.429. The molecule has 2 aromatic rings. The van der Waals surface area contributed by atoms with Gasteiger partial charge in [-0.15, -0.1) is 0 Å². The SMILES string of the molecule is Cc1ccc(C)c(C(C)NC(=O)C2CCCN(C(=O)c3ccoc3)C2)c1. The Morgan fingerprint density at radius 2 is 2.08 bits per heavy atom. The first-order valence-corrected chi connectivity index (χ1v) is 9.14. The minimum Gasteiger partial charge on any atom is -0.472 e. The molecule has 0 saturated carbocycles. The fourth-order valence-corrected chi connectivity index (χ4v) is 3.58. The van der Waals surface area contributed by atoms with Crippen LogP contribution in [0.4, 0.5) is 0 Å². The Hall–Kier alpha value is -2.56. The van der Waals surface area contributed by atoms with E-state index in [4.69, 9.17) is 4.42 Å². The van der Waals surface area contributed by atoms with Crippen molar-refractivity contribution in [2.75, 3.05) is 13.1 Å². The van der Waals surface area contributed by atoms with E-state index in [1.165, 1.54) is 23.7 Å². The van der Waals surface area contributed by atoms with Crippen LogP contribution in [0.5, 0.6) is 0 Å². The van der Waals surface area contributed by atoms with Crippen molar-refractivity contribution >= 4 is 11.8 Å². The lowest BCUT2D eigenvalue weighted by molar-refractivity contribution is -0.127. The largest absolute Gasteiger partial charge is 0.472 e. The Bertz CT molecular complexity index is 783. The average molecular weight is 354 g/mol. The van der Waals surface area contributed by atoms with Crippen molar-refractivity contribution in [1.29, 1.82) is 0 Å². The number of hydrogen-bond acceptors (Lipinski definition) is 3. The zero-order chi connectivity index (χ0) is 18.7. The van der Waals surface area contributed by atoms with Crippen molar-refractivity contribution in [2.45, 2.75) is 39.7 Å². The molecule has 1 aliphatic heterocycles. The highest BCUT2D eigenvalue weighted by atomic mass is 16.3. The number of aryl methyl sites for hydroxylation is 2. The minimum atomic E-state index is -0.174. The molecule has 0 radical (unpaired) electrons. The first-order valence-electron chi connectivity index (χ1n) is 9.14. The van der Waals surface area contributed by atoms with Gasteiger partial charge >= 0.3 is 0 Å². The van der Waals surface area contributed by atoms with Crippen LogP contribution in [0.1, 0.15) is 52.9 Å². The normalized spacial score (nSPS) is 18.4. The highest BCUT2D eigenvalue weighted by Crippen LogP contribution is 2.22. The summed E-state index contributed by atoms with van der Waals surface area (Å²) < 4.78 is 5.00. The van der Waals surface area contributed by atoms with Gasteiger partial charge in [0.25, 0.3) is 5.91 Å². The van der Waals surface area contributed by atoms with Gasteiger partial charge in [-0.25, -0.2) is 0 Å². The summed E-state index contributed by atoms with van der Waals surface area (Å²) in [5, 5.41) is 3.13. The number of carbonyl (C=O) groups is 2. The third-order valence-electron chi connectivity index (χ3n) is 5.11. The molecule has 1 aliphatic rings. The number of benzene rings is 1. The monoisotopic (exact) mass is 354 g/mol. The number of nitrogens with zero attached hydrogens (tertiary/aromatic N) is 1. The summed E-state index contributed by atoms with van der Waals surface area (Å²) in [5.41, 5.74) is 4.03. The molecule has 5 nitrogen and oxygen atoms in total. The average Bonchev–Trinajstić information content (AvgIpc) is 3.17. The van der Waals surface area contributed by atoms with Crippen LogP contribution in [0.3, 0.4) is 0 Å². The van der Waals surface area contributed by atoms with Crippen LogP contribution < -0.4 is 5.32 Å². The van der Waals surface area contributed by atoms with Gasteiger partial charge in [0, 0.05) is 13.1 Å². The van der Waals surface area contributed by atoms with Crippen molar-refractivity contribution < 1.29 is 14.0 Å². The Balaban J connectivity index is 1.64. The summed E-state index contributed by atoms with van der Waals surface area (Å²) in [4.78, 5) is 27.0. The van der Waals surface area contributed by atoms with E-state index in [1.54, 1.807) is 11.0 Å². The van der Waals surface area contributed by atoms with Gasteiger partial charge in [0.05, 0.1) is 23.8 Å². The molecule has 2 heterocycles. The van der Waals surface area contributed by atoms with E-state index in [0.717, 1.165) is 18.4 Å². The zero-order valence-corrected chi connectivity index (χ0v) is 15.6. The second kappa shape index (κ2) is 7.77. The second-order valence-electron chi connectivity index (χ2n) is 7.19. The minimum absolute atomic E-state index is 0.0168. The van der Waals surface area contributed by atoms with Gasteiger partial charge in [-0.3, -0.25) is 9.59 Å². The van der Waals surface area contributed by atoms with Gasteiger partial charge in [-0.2, -0.15) is 0 Å². The van der Waals surface area contributed by atoms with E-state index in [0.29, 0.717) is 18.7 Å². The molecule has 1 aromatic heterocycles. The second-order valence-corrected chi connectivity index (χ2v) is 7.19. The van der Waals surface area contributed by atoms with Gasteiger partial charge in [0.2, 0.25) is 5.91 Å². The predicted molar refractivity (Wildman–Crippen MR) is 99.8 cm³/mol. The van der Waals surface area contributed by atoms with E-state index in [-0.39, 0.29) is 23.8 Å². The third kappa shape index (κ3) is 3.98. The number of carbonyl (C=O) groups excluding carboxylic acids is 2. The molecule has 0 spiro atoms. The summed E-state index contributed by atoms with van der Waals surface area (Å²) in [5.74, 6) is -0.228. The summed E-state index contributed by atoms with van der Waals surface area (Å²) in [6, 6.07) is 7.89. The lowest BCUT2D eigenvalue weighted by Crippen LogP contribution is -2.45. The molecule has 3 rings (SSSR count). The van der Waals surface area contributed by atoms with Crippen LogP contribution in [0.2, 0.25) is 0 Å². The Kier molecular flexibility index (Phi) is 5.45. The highest BCUT2D eigenvalue weighted by Gasteiger charge is 2.30. The van der Waals surface area contributed by atoms with Gasteiger partial charge in [-0.1, -0.05) is 23.8 Å². The van der Waals surface area contributed by atoms with E-state index >= 15 is 0 Å². The van der Waals surface area contributed by atoms with E-state index < -0.39 is 0 Å². The predicted octanol–water partition coefficient (Wildman–Crippen LogP) is 3.63. The molecule has 1 N–H and O–H groups in total. The molecule has 2 unspecified atom stereocenters. The van der Waals surface area contributed by atoms with Gasteiger partial charge in [0.1, 0.15) is 6.26 Å².